The number of anilines is 1. The van der Waals surface area contributed by atoms with Gasteiger partial charge in [-0.2, -0.15) is 0 Å². The standard InChI is InChI=1S/C15H19Br2NO2/c1-2-20-15(19)10-4-3-5-12(8-10)18-14-7-6-11(16)9-13(14)17/h6-7,9-10,12,18H,2-5,8H2,1H3. The molecule has 1 fully saturated rings. The maximum Gasteiger partial charge on any atom is 0.308 e. The number of hydrogen-bond acceptors (Lipinski definition) is 3. The van der Waals surface area contributed by atoms with Crippen LogP contribution in [-0.4, -0.2) is 18.6 Å². The summed E-state index contributed by atoms with van der Waals surface area (Å²) in [5, 5.41) is 3.53. The van der Waals surface area contributed by atoms with E-state index >= 15 is 0 Å². The summed E-state index contributed by atoms with van der Waals surface area (Å²) in [4.78, 5) is 11.8. The van der Waals surface area contributed by atoms with Crippen molar-refractivity contribution < 1.29 is 9.53 Å². The molecule has 1 saturated carbocycles. The van der Waals surface area contributed by atoms with Crippen molar-refractivity contribution in [2.24, 2.45) is 5.92 Å². The first-order valence-electron chi connectivity index (χ1n) is 6.98. The van der Waals surface area contributed by atoms with Gasteiger partial charge in [-0.25, -0.2) is 0 Å². The molecule has 0 spiro atoms. The van der Waals surface area contributed by atoms with E-state index in [2.05, 4.69) is 37.2 Å². The molecule has 0 amide bonds. The van der Waals surface area contributed by atoms with Crippen molar-refractivity contribution >= 4 is 43.5 Å². The van der Waals surface area contributed by atoms with E-state index in [1.807, 2.05) is 25.1 Å². The molecule has 2 unspecified atom stereocenters. The first-order chi connectivity index (χ1) is 9.60. The number of halogens is 2. The minimum Gasteiger partial charge on any atom is -0.466 e. The summed E-state index contributed by atoms with van der Waals surface area (Å²) < 4.78 is 7.21. The summed E-state index contributed by atoms with van der Waals surface area (Å²) in [5.74, 6) is -0.00991. The van der Waals surface area contributed by atoms with E-state index in [9.17, 15) is 4.79 Å². The minimum atomic E-state index is -0.0473. The van der Waals surface area contributed by atoms with Crippen molar-refractivity contribution in [3.05, 3.63) is 27.1 Å². The van der Waals surface area contributed by atoms with E-state index in [4.69, 9.17) is 4.74 Å². The average Bonchev–Trinajstić information content (AvgIpc) is 2.43. The lowest BCUT2D eigenvalue weighted by Gasteiger charge is -2.29. The number of carbonyl (C=O) groups is 1. The molecular weight excluding hydrogens is 386 g/mol. The lowest BCUT2D eigenvalue weighted by Crippen LogP contribution is -2.32. The molecule has 3 nitrogen and oxygen atoms in total. The summed E-state index contributed by atoms with van der Waals surface area (Å²) >= 11 is 7.01. The van der Waals surface area contributed by atoms with E-state index in [0.29, 0.717) is 12.6 Å². The van der Waals surface area contributed by atoms with Crippen LogP contribution in [0.25, 0.3) is 0 Å². The van der Waals surface area contributed by atoms with Crippen LogP contribution in [0.15, 0.2) is 27.1 Å². The van der Waals surface area contributed by atoms with E-state index < -0.39 is 0 Å². The maximum absolute atomic E-state index is 11.8. The van der Waals surface area contributed by atoms with E-state index in [0.717, 1.165) is 40.3 Å². The third-order valence-electron chi connectivity index (χ3n) is 3.58. The van der Waals surface area contributed by atoms with E-state index in [1.165, 1.54) is 0 Å². The largest absolute Gasteiger partial charge is 0.466 e. The second-order valence-corrected chi connectivity index (χ2v) is 6.85. The molecule has 0 radical (unpaired) electrons. The van der Waals surface area contributed by atoms with Gasteiger partial charge < -0.3 is 10.1 Å². The molecular formula is C15H19Br2NO2. The molecule has 1 aromatic rings. The molecule has 1 N–H and O–H groups in total. The fraction of sp³-hybridized carbons (Fsp3) is 0.533. The Morgan fingerprint density at radius 2 is 2.20 bits per heavy atom. The van der Waals surface area contributed by atoms with Crippen LogP contribution < -0.4 is 5.32 Å². The Kier molecular flexibility index (Phi) is 5.90. The third kappa shape index (κ3) is 4.22. The normalized spacial score (nSPS) is 22.4. The molecule has 0 aromatic heterocycles. The van der Waals surface area contributed by atoms with Crippen LogP contribution in [0.1, 0.15) is 32.6 Å². The average molecular weight is 405 g/mol. The highest BCUT2D eigenvalue weighted by Gasteiger charge is 2.28. The zero-order chi connectivity index (χ0) is 14.5. The van der Waals surface area contributed by atoms with E-state index in [1.54, 1.807) is 0 Å². The maximum atomic E-state index is 11.8. The van der Waals surface area contributed by atoms with Crippen molar-refractivity contribution in [2.45, 2.75) is 38.6 Å². The fourth-order valence-electron chi connectivity index (χ4n) is 2.62. The van der Waals surface area contributed by atoms with E-state index in [-0.39, 0.29) is 11.9 Å². The lowest BCUT2D eigenvalue weighted by atomic mass is 9.85. The Balaban J connectivity index is 1.97. The zero-order valence-electron chi connectivity index (χ0n) is 11.5. The van der Waals surface area contributed by atoms with Gasteiger partial charge in [0.25, 0.3) is 0 Å². The number of nitrogens with one attached hydrogen (secondary N) is 1. The minimum absolute atomic E-state index is 0.0374. The Hall–Kier alpha value is -0.550. The van der Waals surface area contributed by atoms with Gasteiger partial charge in [-0.1, -0.05) is 22.4 Å². The van der Waals surface area contributed by atoms with Gasteiger partial charge in [0, 0.05) is 20.7 Å². The molecule has 0 bridgehead atoms. The number of hydrogen-bond donors (Lipinski definition) is 1. The molecule has 0 heterocycles. The third-order valence-corrected chi connectivity index (χ3v) is 4.73. The molecule has 2 atom stereocenters. The summed E-state index contributed by atoms with van der Waals surface area (Å²) in [6.07, 6.45) is 3.95. The molecule has 110 valence electrons. The van der Waals surface area contributed by atoms with Crippen LogP contribution in [0.5, 0.6) is 0 Å². The number of benzene rings is 1. The molecule has 1 aromatic carbocycles. The summed E-state index contributed by atoms with van der Waals surface area (Å²) in [5.41, 5.74) is 1.07. The molecule has 5 heteroatoms. The second kappa shape index (κ2) is 7.46. The van der Waals surface area contributed by atoms with Gasteiger partial charge in [0.2, 0.25) is 0 Å². The van der Waals surface area contributed by atoms with Gasteiger partial charge in [0.15, 0.2) is 0 Å². The Labute approximate surface area is 136 Å². The molecule has 0 saturated heterocycles. The Bertz CT molecular complexity index is 479. The topological polar surface area (TPSA) is 38.3 Å². The summed E-state index contributed by atoms with van der Waals surface area (Å²) in [6.45, 7) is 2.32. The van der Waals surface area contributed by atoms with Gasteiger partial charge in [0.05, 0.1) is 12.5 Å². The highest BCUT2D eigenvalue weighted by atomic mass is 79.9. The van der Waals surface area contributed by atoms with Crippen LogP contribution in [0.2, 0.25) is 0 Å². The second-order valence-electron chi connectivity index (χ2n) is 5.08. The Morgan fingerprint density at radius 3 is 2.90 bits per heavy atom. The number of esters is 1. The summed E-state index contributed by atoms with van der Waals surface area (Å²) in [7, 11) is 0. The first kappa shape index (κ1) is 15.8. The molecule has 1 aliphatic rings. The van der Waals surface area contributed by atoms with Gasteiger partial charge in [-0.3, -0.25) is 4.79 Å². The van der Waals surface area contributed by atoms with Crippen molar-refractivity contribution in [1.82, 2.24) is 0 Å². The van der Waals surface area contributed by atoms with Crippen LogP contribution in [-0.2, 0) is 9.53 Å². The molecule has 0 aliphatic heterocycles. The van der Waals surface area contributed by atoms with Crippen molar-refractivity contribution in [2.75, 3.05) is 11.9 Å². The zero-order valence-corrected chi connectivity index (χ0v) is 14.7. The van der Waals surface area contributed by atoms with Gasteiger partial charge >= 0.3 is 5.97 Å². The number of rotatable bonds is 4. The lowest BCUT2D eigenvalue weighted by molar-refractivity contribution is -0.149. The van der Waals surface area contributed by atoms with Gasteiger partial charge in [-0.15, -0.1) is 0 Å². The molecule has 1 aliphatic carbocycles. The molecule has 2 rings (SSSR count). The van der Waals surface area contributed by atoms with Crippen LogP contribution in [0.3, 0.4) is 0 Å². The first-order valence-corrected chi connectivity index (χ1v) is 8.57. The highest BCUT2D eigenvalue weighted by Crippen LogP contribution is 2.31. The quantitative estimate of drug-likeness (QED) is 0.736. The monoisotopic (exact) mass is 403 g/mol. The molecule has 20 heavy (non-hydrogen) atoms. The highest BCUT2D eigenvalue weighted by molar-refractivity contribution is 9.11. The van der Waals surface area contributed by atoms with Crippen molar-refractivity contribution in [1.29, 1.82) is 0 Å². The SMILES string of the molecule is CCOC(=O)C1CCCC(Nc2ccc(Br)cc2Br)C1. The Morgan fingerprint density at radius 1 is 1.40 bits per heavy atom. The predicted molar refractivity (Wildman–Crippen MR) is 87.8 cm³/mol. The number of carbonyl (C=O) groups excluding carboxylic acids is 1. The number of ether oxygens (including phenoxy) is 1. The van der Waals surface area contributed by atoms with Crippen LogP contribution in [0, 0.1) is 5.92 Å². The van der Waals surface area contributed by atoms with Crippen LogP contribution in [0.4, 0.5) is 5.69 Å². The fourth-order valence-corrected chi connectivity index (χ4v) is 3.78. The van der Waals surface area contributed by atoms with Gasteiger partial charge in [-0.05, 0) is 60.3 Å². The van der Waals surface area contributed by atoms with Crippen LogP contribution >= 0.6 is 31.9 Å². The smallest absolute Gasteiger partial charge is 0.308 e. The van der Waals surface area contributed by atoms with Crippen molar-refractivity contribution in [3.63, 3.8) is 0 Å². The van der Waals surface area contributed by atoms with Crippen molar-refractivity contribution in [3.8, 4) is 0 Å². The summed E-state index contributed by atoms with van der Waals surface area (Å²) in [6, 6.07) is 6.41. The predicted octanol–water partition coefficient (Wildman–Crippen LogP) is 4.75. The van der Waals surface area contributed by atoms with Gasteiger partial charge in [0.1, 0.15) is 0 Å².